The van der Waals surface area contributed by atoms with E-state index in [0.717, 1.165) is 9.87 Å². The maximum atomic E-state index is 14.2. The number of allylic oxidation sites excluding steroid dienone is 1. The number of Topliss-reactive ketones (excluding diaryl/α,β-unsaturated/α-hetero) is 1. The van der Waals surface area contributed by atoms with Crippen molar-refractivity contribution in [2.45, 2.75) is 31.5 Å². The van der Waals surface area contributed by atoms with E-state index < -0.39 is 27.6 Å². The second-order valence-electron chi connectivity index (χ2n) is 8.78. The van der Waals surface area contributed by atoms with Crippen LogP contribution in [0.1, 0.15) is 30.5 Å². The predicted octanol–water partition coefficient (Wildman–Crippen LogP) is 4.66. The van der Waals surface area contributed by atoms with Gasteiger partial charge in [-0.25, -0.2) is 17.5 Å². The minimum Gasteiger partial charge on any atom is -0.427 e. The van der Waals surface area contributed by atoms with Gasteiger partial charge in [-0.15, -0.1) is 0 Å². The average Bonchev–Trinajstić information content (AvgIpc) is 3.14. The first-order chi connectivity index (χ1) is 17.2. The van der Waals surface area contributed by atoms with Crippen LogP contribution in [0.2, 0.25) is 0 Å². The summed E-state index contributed by atoms with van der Waals surface area (Å²) in [6.07, 6.45) is 0. The standard InChI is InChI=1S/C28H23NO6S/c1-18(2)26-29(36(32,33)22-16-14-19(3)15-17-22)24(20-10-6-4-7-11-20)23-25(30)27(31)35-28(23,34-26)21-12-8-5-9-13-21/h4-17H,1-3H3. The molecule has 1 atom stereocenters. The number of aryl methyl sites for hydroxylation is 1. The smallest absolute Gasteiger partial charge is 0.383 e. The summed E-state index contributed by atoms with van der Waals surface area (Å²) in [5, 5.41) is 0. The number of rotatable bonds is 4. The number of esters is 1. The molecule has 1 saturated heterocycles. The molecule has 36 heavy (non-hydrogen) atoms. The van der Waals surface area contributed by atoms with Crippen molar-refractivity contribution in [3.05, 3.63) is 119 Å². The highest BCUT2D eigenvalue weighted by Gasteiger charge is 2.62. The van der Waals surface area contributed by atoms with E-state index in [9.17, 15) is 18.0 Å². The molecule has 3 aromatic carbocycles. The Morgan fingerprint density at radius 3 is 1.97 bits per heavy atom. The third kappa shape index (κ3) is 3.53. The van der Waals surface area contributed by atoms with E-state index in [1.165, 1.54) is 12.1 Å². The van der Waals surface area contributed by atoms with Crippen LogP contribution in [0, 0.1) is 6.92 Å². The molecule has 0 spiro atoms. The van der Waals surface area contributed by atoms with Crippen LogP contribution in [0.15, 0.2) is 107 Å². The number of ketones is 1. The second kappa shape index (κ2) is 8.49. The van der Waals surface area contributed by atoms with Gasteiger partial charge < -0.3 is 9.47 Å². The van der Waals surface area contributed by atoms with Crippen molar-refractivity contribution in [3.63, 3.8) is 0 Å². The van der Waals surface area contributed by atoms with Crippen LogP contribution < -0.4 is 0 Å². The largest absolute Gasteiger partial charge is 0.427 e. The molecule has 2 aliphatic heterocycles. The SMILES string of the molecule is CC(C)=C1OC2(c3ccccc3)OC(=O)C(=O)C2=C(c2ccccc2)N1S(=O)(=O)c1ccc(C)cc1. The summed E-state index contributed by atoms with van der Waals surface area (Å²) >= 11 is 0. The minimum atomic E-state index is -4.29. The van der Waals surface area contributed by atoms with Gasteiger partial charge in [-0.2, -0.15) is 0 Å². The Hall–Kier alpha value is -4.17. The number of nitrogens with zero attached hydrogens (tertiary/aromatic N) is 1. The van der Waals surface area contributed by atoms with Crippen LogP contribution in [-0.4, -0.2) is 24.5 Å². The lowest BCUT2D eigenvalue weighted by molar-refractivity contribution is -0.196. The topological polar surface area (TPSA) is 90.0 Å². The van der Waals surface area contributed by atoms with E-state index in [1.807, 2.05) is 6.92 Å². The summed E-state index contributed by atoms with van der Waals surface area (Å²) in [5.41, 5.74) is 2.02. The number of sulfonamides is 1. The Bertz CT molecular complexity index is 1540. The lowest BCUT2D eigenvalue weighted by Crippen LogP contribution is -2.44. The quantitative estimate of drug-likeness (QED) is 0.382. The van der Waals surface area contributed by atoms with Gasteiger partial charge in [-0.05, 0) is 38.5 Å². The molecule has 8 heteroatoms. The zero-order valence-corrected chi connectivity index (χ0v) is 20.7. The lowest BCUT2D eigenvalue weighted by atomic mass is 9.91. The molecule has 1 unspecified atom stereocenters. The Morgan fingerprint density at radius 2 is 1.39 bits per heavy atom. The molecule has 0 N–H and O–H groups in total. The maximum Gasteiger partial charge on any atom is 0.383 e. The van der Waals surface area contributed by atoms with E-state index in [4.69, 9.17) is 9.47 Å². The number of carbonyl (C=O) groups is 2. The predicted molar refractivity (Wildman–Crippen MR) is 132 cm³/mol. The Balaban J connectivity index is 1.92. The fourth-order valence-corrected chi connectivity index (χ4v) is 5.89. The van der Waals surface area contributed by atoms with Crippen molar-refractivity contribution in [1.29, 1.82) is 0 Å². The van der Waals surface area contributed by atoms with Gasteiger partial charge in [-0.1, -0.05) is 78.4 Å². The van der Waals surface area contributed by atoms with Crippen molar-refractivity contribution >= 4 is 27.5 Å². The molecule has 0 amide bonds. The van der Waals surface area contributed by atoms with Gasteiger partial charge in [0.25, 0.3) is 15.8 Å². The number of hydrogen-bond acceptors (Lipinski definition) is 6. The highest BCUT2D eigenvalue weighted by molar-refractivity contribution is 7.89. The van der Waals surface area contributed by atoms with E-state index in [-0.39, 0.29) is 22.0 Å². The molecule has 3 aromatic rings. The minimum absolute atomic E-state index is 0.00869. The van der Waals surface area contributed by atoms with E-state index >= 15 is 0 Å². The molecule has 0 aromatic heterocycles. The zero-order valence-electron chi connectivity index (χ0n) is 19.9. The Labute approximate surface area is 209 Å². The van der Waals surface area contributed by atoms with Crippen LogP contribution >= 0.6 is 0 Å². The van der Waals surface area contributed by atoms with Gasteiger partial charge in [0.2, 0.25) is 5.88 Å². The van der Waals surface area contributed by atoms with E-state index in [1.54, 1.807) is 86.6 Å². The van der Waals surface area contributed by atoms with Crippen molar-refractivity contribution in [1.82, 2.24) is 4.31 Å². The average molecular weight is 502 g/mol. The van der Waals surface area contributed by atoms with Gasteiger partial charge in [-0.3, -0.25) is 4.79 Å². The lowest BCUT2D eigenvalue weighted by Gasteiger charge is -2.41. The molecule has 0 bridgehead atoms. The van der Waals surface area contributed by atoms with Crippen LogP contribution in [-0.2, 0) is 34.9 Å². The number of fused-ring (bicyclic) bond motifs is 1. The van der Waals surface area contributed by atoms with E-state index in [0.29, 0.717) is 16.7 Å². The maximum absolute atomic E-state index is 14.2. The molecule has 7 nitrogen and oxygen atoms in total. The summed E-state index contributed by atoms with van der Waals surface area (Å²) in [4.78, 5) is 26.2. The monoisotopic (exact) mass is 501 g/mol. The number of benzene rings is 3. The summed E-state index contributed by atoms with van der Waals surface area (Å²) < 4.78 is 41.3. The second-order valence-corrected chi connectivity index (χ2v) is 10.6. The van der Waals surface area contributed by atoms with Gasteiger partial charge >= 0.3 is 11.8 Å². The summed E-state index contributed by atoms with van der Waals surface area (Å²) in [6, 6.07) is 23.5. The number of carbonyl (C=O) groups excluding carboxylic acids is 2. The summed E-state index contributed by atoms with van der Waals surface area (Å²) in [7, 11) is -4.29. The fourth-order valence-electron chi connectivity index (χ4n) is 4.32. The highest BCUT2D eigenvalue weighted by atomic mass is 32.2. The van der Waals surface area contributed by atoms with Gasteiger partial charge in [0.15, 0.2) is 0 Å². The van der Waals surface area contributed by atoms with Gasteiger partial charge in [0, 0.05) is 11.1 Å². The number of hydrogen-bond donors (Lipinski definition) is 0. The first-order valence-electron chi connectivity index (χ1n) is 11.3. The third-order valence-corrected chi connectivity index (χ3v) is 7.73. The van der Waals surface area contributed by atoms with Crippen molar-refractivity contribution in [3.8, 4) is 0 Å². The zero-order chi connectivity index (χ0) is 25.7. The molecule has 182 valence electrons. The Kier molecular flexibility index (Phi) is 5.56. The van der Waals surface area contributed by atoms with Gasteiger partial charge in [0.05, 0.1) is 10.6 Å². The fraction of sp³-hybridized carbons (Fsp3) is 0.143. The van der Waals surface area contributed by atoms with Crippen LogP contribution in [0.5, 0.6) is 0 Å². The van der Waals surface area contributed by atoms with Crippen molar-refractivity contribution < 1.29 is 27.5 Å². The molecular formula is C28H23NO6S. The molecule has 0 saturated carbocycles. The number of ether oxygens (including phenoxy) is 2. The first kappa shape index (κ1) is 23.6. The molecular weight excluding hydrogens is 478 g/mol. The molecule has 0 radical (unpaired) electrons. The highest BCUT2D eigenvalue weighted by Crippen LogP contribution is 2.53. The third-order valence-electron chi connectivity index (χ3n) is 6.03. The van der Waals surface area contributed by atoms with E-state index in [2.05, 4.69) is 0 Å². The van der Waals surface area contributed by atoms with Crippen LogP contribution in [0.4, 0.5) is 0 Å². The van der Waals surface area contributed by atoms with Crippen molar-refractivity contribution in [2.75, 3.05) is 0 Å². The van der Waals surface area contributed by atoms with Crippen LogP contribution in [0.3, 0.4) is 0 Å². The first-order valence-corrected chi connectivity index (χ1v) is 12.7. The molecule has 5 rings (SSSR count). The molecule has 0 aliphatic carbocycles. The van der Waals surface area contributed by atoms with Crippen LogP contribution in [0.25, 0.3) is 5.70 Å². The van der Waals surface area contributed by atoms with Crippen molar-refractivity contribution in [2.24, 2.45) is 0 Å². The van der Waals surface area contributed by atoms with Gasteiger partial charge in [0.1, 0.15) is 5.57 Å². The summed E-state index contributed by atoms with van der Waals surface area (Å²) in [6.45, 7) is 5.24. The molecule has 1 fully saturated rings. The Morgan fingerprint density at radius 1 is 0.806 bits per heavy atom. The normalized spacial score (nSPS) is 19.6. The molecule has 2 heterocycles. The summed E-state index contributed by atoms with van der Waals surface area (Å²) in [5.74, 6) is -4.07. The molecule has 2 aliphatic rings.